The molecule has 0 spiro atoms. The van der Waals surface area contributed by atoms with Gasteiger partial charge in [-0.2, -0.15) is 4.68 Å². The van der Waals surface area contributed by atoms with Crippen molar-refractivity contribution in [3.63, 3.8) is 0 Å². The lowest BCUT2D eigenvalue weighted by Gasteiger charge is -2.02. The highest BCUT2D eigenvalue weighted by Crippen LogP contribution is 2.20. The molecule has 0 aliphatic rings. The number of ether oxygens (including phenoxy) is 1. The Balaban J connectivity index is 2.01. The molecule has 19 heavy (non-hydrogen) atoms. The van der Waals surface area contributed by atoms with E-state index in [2.05, 4.69) is 10.4 Å². The minimum atomic E-state index is -0.648. The molecular formula is C11H13N3O4S. The van der Waals surface area contributed by atoms with Crippen molar-refractivity contribution in [1.29, 1.82) is 0 Å². The summed E-state index contributed by atoms with van der Waals surface area (Å²) in [6, 6.07) is 3.62. The first-order chi connectivity index (χ1) is 9.20. The molecule has 1 N–H and O–H groups in total. The maximum atomic E-state index is 11.5. The van der Waals surface area contributed by atoms with Gasteiger partial charge in [0.2, 0.25) is 5.91 Å². The van der Waals surface area contributed by atoms with Gasteiger partial charge >= 0.3 is 5.76 Å². The summed E-state index contributed by atoms with van der Waals surface area (Å²) in [6.45, 7) is 0.636. The van der Waals surface area contributed by atoms with E-state index in [4.69, 9.17) is 9.15 Å². The smallest absolute Gasteiger partial charge is 0.387 e. The molecular weight excluding hydrogens is 270 g/mol. The molecule has 0 saturated carbocycles. The van der Waals surface area contributed by atoms with Crippen LogP contribution in [-0.4, -0.2) is 35.9 Å². The molecule has 0 aliphatic carbocycles. The van der Waals surface area contributed by atoms with E-state index in [9.17, 15) is 9.59 Å². The third-order valence-electron chi connectivity index (χ3n) is 2.26. The molecule has 0 bridgehead atoms. The summed E-state index contributed by atoms with van der Waals surface area (Å²) >= 11 is 1.41. The van der Waals surface area contributed by atoms with Crippen molar-refractivity contribution in [2.75, 3.05) is 20.3 Å². The molecule has 2 heterocycles. The molecule has 8 heteroatoms. The average molecular weight is 283 g/mol. The van der Waals surface area contributed by atoms with Crippen LogP contribution in [0.25, 0.3) is 10.8 Å². The standard InChI is InChI=1S/C11H13N3O4S/c1-17-5-4-12-9(15)7-14-11(16)18-10(13-14)8-3-2-6-19-8/h2-3,6H,4-5,7H2,1H3,(H,12,15). The van der Waals surface area contributed by atoms with Gasteiger partial charge in [0.15, 0.2) is 0 Å². The fourth-order valence-electron chi connectivity index (χ4n) is 1.39. The highest BCUT2D eigenvalue weighted by Gasteiger charge is 2.13. The second-order valence-corrected chi connectivity index (χ2v) is 4.60. The number of amides is 1. The van der Waals surface area contributed by atoms with Gasteiger partial charge in [0.1, 0.15) is 6.54 Å². The Labute approximate surface area is 112 Å². The number of nitrogens with one attached hydrogen (secondary N) is 1. The number of methoxy groups -OCH3 is 1. The number of hydrogen-bond acceptors (Lipinski definition) is 6. The van der Waals surface area contributed by atoms with Gasteiger partial charge in [-0.05, 0) is 11.4 Å². The highest BCUT2D eigenvalue weighted by atomic mass is 32.1. The number of carbonyl (C=O) groups is 1. The van der Waals surface area contributed by atoms with Crippen LogP contribution in [0.15, 0.2) is 26.7 Å². The van der Waals surface area contributed by atoms with Crippen LogP contribution in [0.4, 0.5) is 0 Å². The van der Waals surface area contributed by atoms with Crippen LogP contribution in [0.2, 0.25) is 0 Å². The van der Waals surface area contributed by atoms with E-state index < -0.39 is 5.76 Å². The minimum Gasteiger partial charge on any atom is -0.387 e. The van der Waals surface area contributed by atoms with Gasteiger partial charge in [-0.15, -0.1) is 16.4 Å². The summed E-state index contributed by atoms with van der Waals surface area (Å²) in [4.78, 5) is 23.8. The van der Waals surface area contributed by atoms with Gasteiger partial charge in [0.25, 0.3) is 5.89 Å². The van der Waals surface area contributed by atoms with E-state index in [0.717, 1.165) is 9.56 Å². The van der Waals surface area contributed by atoms with Crippen LogP contribution >= 0.6 is 11.3 Å². The number of rotatable bonds is 6. The zero-order chi connectivity index (χ0) is 13.7. The quantitative estimate of drug-likeness (QED) is 0.772. The van der Waals surface area contributed by atoms with E-state index in [-0.39, 0.29) is 18.3 Å². The third kappa shape index (κ3) is 3.52. The molecule has 2 rings (SSSR count). The minimum absolute atomic E-state index is 0.169. The third-order valence-corrected chi connectivity index (χ3v) is 3.12. The van der Waals surface area contributed by atoms with E-state index in [0.29, 0.717) is 13.2 Å². The summed E-state index contributed by atoms with van der Waals surface area (Å²) in [5, 5.41) is 8.43. The van der Waals surface area contributed by atoms with Gasteiger partial charge in [0.05, 0.1) is 11.5 Å². The lowest BCUT2D eigenvalue weighted by molar-refractivity contribution is -0.122. The number of hydrogen-bond donors (Lipinski definition) is 1. The molecule has 0 radical (unpaired) electrons. The van der Waals surface area contributed by atoms with Gasteiger partial charge in [-0.3, -0.25) is 4.79 Å². The van der Waals surface area contributed by atoms with E-state index in [1.165, 1.54) is 11.3 Å². The van der Waals surface area contributed by atoms with E-state index in [1.807, 2.05) is 11.4 Å². The predicted octanol–water partition coefficient (Wildman–Crippen LogP) is 0.327. The van der Waals surface area contributed by atoms with E-state index >= 15 is 0 Å². The van der Waals surface area contributed by atoms with Gasteiger partial charge in [-0.1, -0.05) is 6.07 Å². The monoisotopic (exact) mass is 283 g/mol. The van der Waals surface area contributed by atoms with Crippen LogP contribution in [0.1, 0.15) is 0 Å². The summed E-state index contributed by atoms with van der Waals surface area (Å²) in [7, 11) is 1.54. The first kappa shape index (κ1) is 13.5. The van der Waals surface area contributed by atoms with Crippen molar-refractivity contribution in [2.45, 2.75) is 6.54 Å². The lowest BCUT2D eigenvalue weighted by Crippen LogP contribution is -2.33. The molecule has 0 unspecified atom stereocenters. The van der Waals surface area contributed by atoms with Crippen molar-refractivity contribution < 1.29 is 13.9 Å². The maximum Gasteiger partial charge on any atom is 0.437 e. The van der Waals surface area contributed by atoms with Crippen molar-refractivity contribution in [2.24, 2.45) is 0 Å². The van der Waals surface area contributed by atoms with Crippen molar-refractivity contribution in [3.05, 3.63) is 28.1 Å². The highest BCUT2D eigenvalue weighted by molar-refractivity contribution is 7.13. The molecule has 1 amide bonds. The summed E-state index contributed by atoms with van der Waals surface area (Å²) in [6.07, 6.45) is 0. The van der Waals surface area contributed by atoms with Gasteiger partial charge < -0.3 is 14.5 Å². The fourth-order valence-corrected chi connectivity index (χ4v) is 2.03. The largest absolute Gasteiger partial charge is 0.437 e. The van der Waals surface area contributed by atoms with Crippen LogP contribution in [0.5, 0.6) is 0 Å². The topological polar surface area (TPSA) is 86.4 Å². The summed E-state index contributed by atoms with van der Waals surface area (Å²) < 4.78 is 10.8. The number of thiophene rings is 1. The molecule has 0 saturated heterocycles. The first-order valence-corrected chi connectivity index (χ1v) is 6.46. The normalized spacial score (nSPS) is 10.6. The maximum absolute atomic E-state index is 11.5. The van der Waals surface area contributed by atoms with Crippen LogP contribution < -0.4 is 11.1 Å². The van der Waals surface area contributed by atoms with Crippen molar-refractivity contribution >= 4 is 17.2 Å². The molecule has 2 aromatic heterocycles. The molecule has 0 aromatic carbocycles. The molecule has 0 fully saturated rings. The SMILES string of the molecule is COCCNC(=O)Cn1nc(-c2cccs2)oc1=O. The van der Waals surface area contributed by atoms with Crippen LogP contribution in [0, 0.1) is 0 Å². The summed E-state index contributed by atoms with van der Waals surface area (Å²) in [5.41, 5.74) is 0. The van der Waals surface area contributed by atoms with Crippen molar-refractivity contribution in [3.8, 4) is 10.8 Å². The molecule has 2 aromatic rings. The number of carbonyl (C=O) groups excluding carboxylic acids is 1. The zero-order valence-electron chi connectivity index (χ0n) is 10.3. The zero-order valence-corrected chi connectivity index (χ0v) is 11.1. The fraction of sp³-hybridized carbons (Fsp3) is 0.364. The van der Waals surface area contributed by atoms with Crippen LogP contribution in [-0.2, 0) is 16.1 Å². The Kier molecular flexibility index (Phi) is 4.48. The predicted molar refractivity (Wildman–Crippen MR) is 69.0 cm³/mol. The van der Waals surface area contributed by atoms with Crippen molar-refractivity contribution in [1.82, 2.24) is 15.1 Å². The Morgan fingerprint density at radius 1 is 1.63 bits per heavy atom. The van der Waals surface area contributed by atoms with E-state index in [1.54, 1.807) is 13.2 Å². The number of nitrogens with zero attached hydrogens (tertiary/aromatic N) is 2. The first-order valence-electron chi connectivity index (χ1n) is 5.58. The molecule has 102 valence electrons. The summed E-state index contributed by atoms with van der Waals surface area (Å²) in [5.74, 6) is -0.736. The number of aromatic nitrogens is 2. The second kappa shape index (κ2) is 6.30. The lowest BCUT2D eigenvalue weighted by atomic mass is 10.5. The molecule has 0 aliphatic heterocycles. The second-order valence-electron chi connectivity index (χ2n) is 3.65. The molecule has 7 nitrogen and oxygen atoms in total. The Morgan fingerprint density at radius 3 is 3.16 bits per heavy atom. The molecule has 0 atom stereocenters. The van der Waals surface area contributed by atoms with Gasteiger partial charge in [0, 0.05) is 13.7 Å². The Morgan fingerprint density at radius 2 is 2.47 bits per heavy atom. The Hall–Kier alpha value is -1.93. The average Bonchev–Trinajstić information content (AvgIpc) is 3.00. The van der Waals surface area contributed by atoms with Crippen LogP contribution in [0.3, 0.4) is 0 Å². The van der Waals surface area contributed by atoms with Gasteiger partial charge in [-0.25, -0.2) is 4.79 Å². The Bertz CT molecular complexity index is 587.